The van der Waals surface area contributed by atoms with E-state index in [2.05, 4.69) is 0 Å². The molecule has 2 fully saturated rings. The van der Waals surface area contributed by atoms with E-state index in [1.807, 2.05) is 20.8 Å². The maximum atomic E-state index is 5.84. The molecule has 0 aromatic rings. The molecule has 0 amide bonds. The molecule has 0 aromatic carbocycles. The number of fused-ring (bicyclic) bond motifs is 1. The Kier molecular flexibility index (Phi) is 2.77. The maximum Gasteiger partial charge on any atom is 0.186 e. The van der Waals surface area contributed by atoms with E-state index in [0.717, 1.165) is 0 Å². The molecule has 0 spiro atoms. The molecular formula is C10H19NO4. The van der Waals surface area contributed by atoms with Crippen molar-refractivity contribution in [3.8, 4) is 0 Å². The van der Waals surface area contributed by atoms with Crippen LogP contribution in [0.25, 0.3) is 0 Å². The molecule has 0 radical (unpaired) electrons. The lowest BCUT2D eigenvalue weighted by atomic mass is 10.1. The van der Waals surface area contributed by atoms with Crippen LogP contribution in [0.2, 0.25) is 0 Å². The summed E-state index contributed by atoms with van der Waals surface area (Å²) in [5.74, 6) is -0.580. The molecule has 0 aliphatic carbocycles. The van der Waals surface area contributed by atoms with Crippen LogP contribution in [0.1, 0.15) is 20.8 Å². The zero-order valence-corrected chi connectivity index (χ0v) is 9.60. The quantitative estimate of drug-likeness (QED) is 0.717. The van der Waals surface area contributed by atoms with Crippen molar-refractivity contribution in [3.05, 3.63) is 0 Å². The Morgan fingerprint density at radius 3 is 2.40 bits per heavy atom. The van der Waals surface area contributed by atoms with E-state index in [9.17, 15) is 0 Å². The fraction of sp³-hybridized carbons (Fsp3) is 1.00. The summed E-state index contributed by atoms with van der Waals surface area (Å²) in [6, 6.07) is -0.102. The molecule has 5 nitrogen and oxygen atoms in total. The monoisotopic (exact) mass is 217 g/mol. The van der Waals surface area contributed by atoms with Crippen LogP contribution in [-0.2, 0) is 18.9 Å². The lowest BCUT2D eigenvalue weighted by Gasteiger charge is -2.25. The summed E-state index contributed by atoms with van der Waals surface area (Å²) >= 11 is 0. The minimum Gasteiger partial charge on any atom is -0.353 e. The SMILES string of the molecule is CO[C@H]1O[C@@H]([C@H](C)N)[C@@H]2OC(C)(C)O[C@H]12. The summed E-state index contributed by atoms with van der Waals surface area (Å²) in [6.45, 7) is 5.67. The number of nitrogens with two attached hydrogens (primary N) is 1. The van der Waals surface area contributed by atoms with Crippen molar-refractivity contribution in [2.24, 2.45) is 5.73 Å². The van der Waals surface area contributed by atoms with Crippen molar-refractivity contribution >= 4 is 0 Å². The number of ether oxygens (including phenoxy) is 4. The number of rotatable bonds is 2. The molecule has 0 saturated carbocycles. The summed E-state index contributed by atoms with van der Waals surface area (Å²) in [5.41, 5.74) is 5.84. The standard InChI is InChI=1S/C10H19NO4/c1-5(11)6-7-8(9(12-4)13-6)15-10(2,3)14-7/h5-9H,11H2,1-4H3/t5-,6-,7-,8-,9-/m0/s1. The van der Waals surface area contributed by atoms with E-state index in [1.165, 1.54) is 0 Å². The van der Waals surface area contributed by atoms with Crippen molar-refractivity contribution in [1.82, 2.24) is 0 Å². The van der Waals surface area contributed by atoms with Crippen molar-refractivity contribution in [3.63, 3.8) is 0 Å². The molecule has 0 aromatic heterocycles. The van der Waals surface area contributed by atoms with E-state index < -0.39 is 5.79 Å². The van der Waals surface area contributed by atoms with Gasteiger partial charge in [0, 0.05) is 13.2 Å². The lowest BCUT2D eigenvalue weighted by Crippen LogP contribution is -2.41. The van der Waals surface area contributed by atoms with E-state index in [-0.39, 0.29) is 30.6 Å². The lowest BCUT2D eigenvalue weighted by molar-refractivity contribution is -0.228. The minimum absolute atomic E-state index is 0.102. The predicted molar refractivity (Wildman–Crippen MR) is 53.1 cm³/mol. The van der Waals surface area contributed by atoms with Crippen molar-refractivity contribution < 1.29 is 18.9 Å². The highest BCUT2D eigenvalue weighted by Gasteiger charge is 2.56. The van der Waals surface area contributed by atoms with E-state index >= 15 is 0 Å². The van der Waals surface area contributed by atoms with E-state index in [0.29, 0.717) is 0 Å². The Hall–Kier alpha value is -0.200. The van der Waals surface area contributed by atoms with Crippen molar-refractivity contribution in [1.29, 1.82) is 0 Å². The first-order chi connectivity index (χ1) is 6.94. The van der Waals surface area contributed by atoms with Gasteiger partial charge in [-0.3, -0.25) is 0 Å². The van der Waals surface area contributed by atoms with Gasteiger partial charge in [0.15, 0.2) is 12.1 Å². The van der Waals surface area contributed by atoms with Crippen molar-refractivity contribution in [2.75, 3.05) is 7.11 Å². The molecule has 0 bridgehead atoms. The molecule has 5 heteroatoms. The highest BCUT2D eigenvalue weighted by Crippen LogP contribution is 2.39. The summed E-state index contributed by atoms with van der Waals surface area (Å²) in [6.07, 6.45) is -0.861. The molecule has 5 atom stereocenters. The van der Waals surface area contributed by atoms with Gasteiger partial charge in [-0.15, -0.1) is 0 Å². The average Bonchev–Trinajstić information content (AvgIpc) is 2.57. The second-order valence-electron chi connectivity index (χ2n) is 4.63. The fourth-order valence-electron chi connectivity index (χ4n) is 2.20. The molecule has 15 heavy (non-hydrogen) atoms. The molecule has 2 saturated heterocycles. The van der Waals surface area contributed by atoms with Crippen molar-refractivity contribution in [2.45, 2.75) is 57.2 Å². The molecule has 2 aliphatic rings. The highest BCUT2D eigenvalue weighted by molar-refractivity contribution is 4.97. The van der Waals surface area contributed by atoms with E-state index in [4.69, 9.17) is 24.7 Å². The zero-order valence-electron chi connectivity index (χ0n) is 9.60. The summed E-state index contributed by atoms with van der Waals surface area (Å²) in [4.78, 5) is 0. The van der Waals surface area contributed by atoms with Gasteiger partial charge in [0.25, 0.3) is 0 Å². The smallest absolute Gasteiger partial charge is 0.186 e. The van der Waals surface area contributed by atoms with Gasteiger partial charge in [-0.05, 0) is 20.8 Å². The highest BCUT2D eigenvalue weighted by atomic mass is 16.8. The topological polar surface area (TPSA) is 62.9 Å². The maximum absolute atomic E-state index is 5.84. The van der Waals surface area contributed by atoms with E-state index in [1.54, 1.807) is 7.11 Å². The molecule has 0 unspecified atom stereocenters. The Morgan fingerprint density at radius 1 is 1.27 bits per heavy atom. The number of methoxy groups -OCH3 is 1. The van der Waals surface area contributed by atoms with Gasteiger partial charge in [-0.2, -0.15) is 0 Å². The van der Waals surface area contributed by atoms with Crippen LogP contribution < -0.4 is 5.73 Å². The molecule has 2 heterocycles. The van der Waals surface area contributed by atoms with Crippen LogP contribution in [0.3, 0.4) is 0 Å². The van der Waals surface area contributed by atoms with Crippen LogP contribution in [0.5, 0.6) is 0 Å². The molecule has 2 N–H and O–H groups in total. The first-order valence-corrected chi connectivity index (χ1v) is 5.24. The summed E-state index contributed by atoms with van der Waals surface area (Å²) in [5, 5.41) is 0. The largest absolute Gasteiger partial charge is 0.353 e. The van der Waals surface area contributed by atoms with Gasteiger partial charge >= 0.3 is 0 Å². The summed E-state index contributed by atoms with van der Waals surface area (Å²) in [7, 11) is 1.60. The van der Waals surface area contributed by atoms with Crippen LogP contribution in [-0.4, -0.2) is 43.5 Å². The third-order valence-electron chi connectivity index (χ3n) is 2.80. The first-order valence-electron chi connectivity index (χ1n) is 5.24. The third kappa shape index (κ3) is 1.90. The molecule has 2 aliphatic heterocycles. The Balaban J connectivity index is 2.15. The van der Waals surface area contributed by atoms with Gasteiger partial charge in [0.1, 0.15) is 18.3 Å². The van der Waals surface area contributed by atoms with Crippen LogP contribution in [0, 0.1) is 0 Å². The number of hydrogen-bond donors (Lipinski definition) is 1. The second kappa shape index (κ2) is 3.68. The second-order valence-corrected chi connectivity index (χ2v) is 4.63. The first kappa shape index (κ1) is 11.3. The molecule has 2 rings (SSSR count). The Bertz CT molecular complexity index is 244. The third-order valence-corrected chi connectivity index (χ3v) is 2.80. The van der Waals surface area contributed by atoms with Crippen LogP contribution in [0.4, 0.5) is 0 Å². The molecule has 88 valence electrons. The van der Waals surface area contributed by atoms with Gasteiger partial charge in [-0.1, -0.05) is 0 Å². The average molecular weight is 217 g/mol. The zero-order chi connectivity index (χ0) is 11.2. The van der Waals surface area contributed by atoms with Gasteiger partial charge < -0.3 is 24.7 Å². The molecular weight excluding hydrogens is 198 g/mol. The Labute approximate surface area is 89.8 Å². The summed E-state index contributed by atoms with van der Waals surface area (Å²) < 4.78 is 22.4. The van der Waals surface area contributed by atoms with Gasteiger partial charge in [0.2, 0.25) is 0 Å². The van der Waals surface area contributed by atoms with Gasteiger partial charge in [-0.25, -0.2) is 0 Å². The van der Waals surface area contributed by atoms with Gasteiger partial charge in [0.05, 0.1) is 0 Å². The number of hydrogen-bond acceptors (Lipinski definition) is 5. The normalized spacial score (nSPS) is 45.4. The minimum atomic E-state index is -0.580. The fourth-order valence-corrected chi connectivity index (χ4v) is 2.20. The Morgan fingerprint density at radius 2 is 1.87 bits per heavy atom. The van der Waals surface area contributed by atoms with Crippen LogP contribution >= 0.6 is 0 Å². The van der Waals surface area contributed by atoms with Crippen LogP contribution in [0.15, 0.2) is 0 Å². The predicted octanol–water partition coefficient (Wildman–Crippen LogP) is 0.225.